The van der Waals surface area contributed by atoms with Crippen LogP contribution in [0.15, 0.2) is 18.2 Å². The minimum Gasteiger partial charge on any atom is -0.465 e. The molecule has 1 atom stereocenters. The molecule has 2 amide bonds. The minimum atomic E-state index is -1.44. The molecule has 0 aromatic heterocycles. The molecule has 7 heteroatoms. The maximum Gasteiger partial charge on any atom is 0.405 e. The van der Waals surface area contributed by atoms with E-state index in [1.54, 1.807) is 0 Å². The molecule has 0 fully saturated rings. The van der Waals surface area contributed by atoms with E-state index in [1.165, 1.54) is 0 Å². The highest BCUT2D eigenvalue weighted by Crippen LogP contribution is 2.10. The average Bonchev–Trinajstić information content (AvgIpc) is 2.13. The van der Waals surface area contributed by atoms with E-state index in [0.717, 1.165) is 12.1 Å². The number of carbonyl (C=O) groups excluding carboxylic acids is 1. The molecule has 0 saturated carbocycles. The number of halogens is 2. The van der Waals surface area contributed by atoms with Gasteiger partial charge in [-0.25, -0.2) is 13.6 Å². The highest BCUT2D eigenvalue weighted by atomic mass is 19.1. The zero-order chi connectivity index (χ0) is 13.0. The van der Waals surface area contributed by atoms with Crippen molar-refractivity contribution in [1.29, 1.82) is 0 Å². The second kappa shape index (κ2) is 5.24. The maximum absolute atomic E-state index is 12.8. The number of hydrogen-bond acceptors (Lipinski definition) is 2. The van der Waals surface area contributed by atoms with Crippen molar-refractivity contribution in [2.24, 2.45) is 5.73 Å². The molecule has 1 rings (SSSR count). The van der Waals surface area contributed by atoms with Crippen LogP contribution in [-0.4, -0.2) is 23.1 Å². The fourth-order valence-electron chi connectivity index (χ4n) is 1.34. The summed E-state index contributed by atoms with van der Waals surface area (Å²) in [4.78, 5) is 21.3. The van der Waals surface area contributed by atoms with E-state index >= 15 is 0 Å². The lowest BCUT2D eigenvalue weighted by molar-refractivity contribution is -0.119. The Balaban J connectivity index is 2.85. The predicted octanol–water partition coefficient (Wildman–Crippen LogP) is 0.629. The summed E-state index contributed by atoms with van der Waals surface area (Å²) in [7, 11) is 0. The second-order valence-corrected chi connectivity index (χ2v) is 3.39. The van der Waals surface area contributed by atoms with Gasteiger partial charge in [-0.2, -0.15) is 0 Å². The van der Waals surface area contributed by atoms with Gasteiger partial charge in [0.15, 0.2) is 0 Å². The molecule has 5 nitrogen and oxygen atoms in total. The van der Waals surface area contributed by atoms with Crippen LogP contribution in [-0.2, 0) is 11.2 Å². The Bertz CT molecular complexity index is 431. The van der Waals surface area contributed by atoms with Crippen LogP contribution in [0.2, 0.25) is 0 Å². The summed E-state index contributed by atoms with van der Waals surface area (Å²) in [5.74, 6) is -2.53. The largest absolute Gasteiger partial charge is 0.465 e. The molecule has 0 aliphatic carbocycles. The molecule has 4 N–H and O–H groups in total. The minimum absolute atomic E-state index is 0.139. The monoisotopic (exact) mass is 244 g/mol. The van der Waals surface area contributed by atoms with Crippen molar-refractivity contribution < 1.29 is 23.5 Å². The maximum atomic E-state index is 12.8. The number of nitrogens with two attached hydrogens (primary N) is 1. The Hall–Kier alpha value is -2.18. The summed E-state index contributed by atoms with van der Waals surface area (Å²) in [6.45, 7) is 0. The summed E-state index contributed by atoms with van der Waals surface area (Å²) in [5, 5.41) is 10.3. The lowest BCUT2D eigenvalue weighted by atomic mass is 10.1. The third kappa shape index (κ3) is 4.06. The fraction of sp³-hybridized carbons (Fsp3) is 0.200. The van der Waals surface area contributed by atoms with Crippen molar-refractivity contribution in [2.75, 3.05) is 0 Å². The van der Waals surface area contributed by atoms with Gasteiger partial charge in [-0.1, -0.05) is 0 Å². The standard InChI is InChI=1S/C10H10F2N2O3/c11-6-1-5(2-7(12)4-6)3-8(9(13)15)14-10(16)17/h1-2,4,8,14H,3H2,(H2,13,15)(H,16,17)/t8-/m0/s1. The summed E-state index contributed by atoms with van der Waals surface area (Å²) in [5.41, 5.74) is 5.10. The van der Waals surface area contributed by atoms with E-state index in [9.17, 15) is 18.4 Å². The zero-order valence-electron chi connectivity index (χ0n) is 8.61. The quantitative estimate of drug-likeness (QED) is 0.725. The number of hydrogen-bond donors (Lipinski definition) is 3. The second-order valence-electron chi connectivity index (χ2n) is 3.39. The number of amides is 2. The Kier molecular flexibility index (Phi) is 3.97. The van der Waals surface area contributed by atoms with E-state index in [2.05, 4.69) is 0 Å². The highest BCUT2D eigenvalue weighted by molar-refractivity contribution is 5.84. The molecule has 0 aliphatic rings. The Morgan fingerprint density at radius 2 is 1.82 bits per heavy atom. The number of nitrogens with one attached hydrogen (secondary N) is 1. The van der Waals surface area contributed by atoms with Crippen LogP contribution < -0.4 is 11.1 Å². The van der Waals surface area contributed by atoms with Gasteiger partial charge in [-0.3, -0.25) is 4.79 Å². The number of carboxylic acid groups (broad SMARTS) is 1. The van der Waals surface area contributed by atoms with Gasteiger partial charge in [0.2, 0.25) is 5.91 Å². The molecule has 0 radical (unpaired) electrons. The highest BCUT2D eigenvalue weighted by Gasteiger charge is 2.18. The van der Waals surface area contributed by atoms with Crippen LogP contribution in [0.5, 0.6) is 0 Å². The summed E-state index contributed by atoms with van der Waals surface area (Å²) in [6, 6.07) is 1.45. The number of benzene rings is 1. The van der Waals surface area contributed by atoms with Gasteiger partial charge in [0.25, 0.3) is 0 Å². The lowest BCUT2D eigenvalue weighted by Gasteiger charge is -2.13. The van der Waals surface area contributed by atoms with Gasteiger partial charge < -0.3 is 16.2 Å². The van der Waals surface area contributed by atoms with Gasteiger partial charge in [-0.15, -0.1) is 0 Å². The first-order chi connectivity index (χ1) is 7.88. The van der Waals surface area contributed by atoms with E-state index in [4.69, 9.17) is 10.8 Å². The summed E-state index contributed by atoms with van der Waals surface area (Å²) in [6.07, 6.45) is -1.65. The predicted molar refractivity (Wildman–Crippen MR) is 54.2 cm³/mol. The van der Waals surface area contributed by atoms with Crippen molar-refractivity contribution in [3.05, 3.63) is 35.4 Å². The van der Waals surface area contributed by atoms with Gasteiger partial charge in [-0.05, 0) is 17.7 Å². The smallest absolute Gasteiger partial charge is 0.405 e. The van der Waals surface area contributed by atoms with Gasteiger partial charge in [0.05, 0.1) is 0 Å². The molecule has 0 aliphatic heterocycles. The Morgan fingerprint density at radius 1 is 1.29 bits per heavy atom. The number of primary amides is 1. The van der Waals surface area contributed by atoms with E-state index in [-0.39, 0.29) is 12.0 Å². The normalized spacial score (nSPS) is 11.9. The third-order valence-corrected chi connectivity index (χ3v) is 2.00. The van der Waals surface area contributed by atoms with Gasteiger partial charge in [0.1, 0.15) is 17.7 Å². The molecule has 0 saturated heterocycles. The molecule has 17 heavy (non-hydrogen) atoms. The van der Waals surface area contributed by atoms with Crippen molar-refractivity contribution in [3.63, 3.8) is 0 Å². The van der Waals surface area contributed by atoms with Crippen LogP contribution in [0.3, 0.4) is 0 Å². The van der Waals surface area contributed by atoms with Crippen molar-refractivity contribution >= 4 is 12.0 Å². The van der Waals surface area contributed by atoms with Crippen LogP contribution in [0.4, 0.5) is 13.6 Å². The number of rotatable bonds is 4. The van der Waals surface area contributed by atoms with Crippen LogP contribution in [0.1, 0.15) is 5.56 Å². The van der Waals surface area contributed by atoms with E-state index in [1.807, 2.05) is 5.32 Å². The van der Waals surface area contributed by atoms with Crippen LogP contribution >= 0.6 is 0 Å². The van der Waals surface area contributed by atoms with Gasteiger partial charge >= 0.3 is 6.09 Å². The fourth-order valence-corrected chi connectivity index (χ4v) is 1.34. The van der Waals surface area contributed by atoms with Gasteiger partial charge in [0, 0.05) is 12.5 Å². The average molecular weight is 244 g/mol. The van der Waals surface area contributed by atoms with Crippen LogP contribution in [0.25, 0.3) is 0 Å². The molecule has 0 spiro atoms. The molecule has 1 aromatic rings. The third-order valence-electron chi connectivity index (χ3n) is 2.00. The first-order valence-corrected chi connectivity index (χ1v) is 4.62. The topological polar surface area (TPSA) is 92.4 Å². The molecular formula is C10H10F2N2O3. The summed E-state index contributed by atoms with van der Waals surface area (Å²) < 4.78 is 25.7. The summed E-state index contributed by atoms with van der Waals surface area (Å²) >= 11 is 0. The first kappa shape index (κ1) is 12.9. The van der Waals surface area contributed by atoms with Crippen LogP contribution in [0, 0.1) is 11.6 Å². The SMILES string of the molecule is NC(=O)[C@H](Cc1cc(F)cc(F)c1)NC(=O)O. The van der Waals surface area contributed by atoms with E-state index < -0.39 is 29.7 Å². The molecule has 0 bridgehead atoms. The zero-order valence-corrected chi connectivity index (χ0v) is 8.61. The molecule has 1 aromatic carbocycles. The van der Waals surface area contributed by atoms with E-state index in [0.29, 0.717) is 6.07 Å². The Labute approximate surface area is 95.2 Å². The van der Waals surface area contributed by atoms with Crippen molar-refractivity contribution in [1.82, 2.24) is 5.32 Å². The molecule has 0 heterocycles. The Morgan fingerprint density at radius 3 is 2.24 bits per heavy atom. The number of carbonyl (C=O) groups is 2. The van der Waals surface area contributed by atoms with Crippen molar-refractivity contribution in [2.45, 2.75) is 12.5 Å². The molecule has 92 valence electrons. The first-order valence-electron chi connectivity index (χ1n) is 4.62. The lowest BCUT2D eigenvalue weighted by Crippen LogP contribution is -2.45. The molecular weight excluding hydrogens is 234 g/mol. The van der Waals surface area contributed by atoms with Crippen molar-refractivity contribution in [3.8, 4) is 0 Å². The molecule has 0 unspecified atom stereocenters.